The lowest BCUT2D eigenvalue weighted by molar-refractivity contribution is 0.993. The van der Waals surface area contributed by atoms with Crippen LogP contribution in [-0.4, -0.2) is 19.1 Å². The topological polar surface area (TPSA) is 42.2 Å². The van der Waals surface area contributed by atoms with Crippen molar-refractivity contribution < 1.29 is 0 Å². The normalized spacial score (nSPS) is 10.4. The Balaban J connectivity index is 2.48. The lowest BCUT2D eigenvalue weighted by atomic mass is 10.1. The average molecular weight is 233 g/mol. The zero-order valence-corrected chi connectivity index (χ0v) is 10.3. The van der Waals surface area contributed by atoms with E-state index in [1.165, 1.54) is 10.4 Å². The molecule has 2 aromatic rings. The maximum absolute atomic E-state index is 5.73. The minimum absolute atomic E-state index is 0.481. The summed E-state index contributed by atoms with van der Waals surface area (Å²) in [4.78, 5) is 7.71. The van der Waals surface area contributed by atoms with E-state index in [9.17, 15) is 0 Å². The largest absolute Gasteiger partial charge is 0.354 e. The average Bonchev–Trinajstić information content (AvgIpc) is 2.74. The first-order chi connectivity index (χ1) is 7.72. The molecule has 0 aliphatic heterocycles. The first kappa shape index (κ1) is 11.1. The number of benzene rings is 1. The van der Waals surface area contributed by atoms with Crippen LogP contribution in [0.1, 0.15) is 5.69 Å². The lowest BCUT2D eigenvalue weighted by Crippen LogP contribution is -2.08. The highest BCUT2D eigenvalue weighted by Gasteiger charge is 2.12. The maximum Gasteiger partial charge on any atom is 0.185 e. The fraction of sp³-hybridized carbons (Fsp3) is 0.250. The van der Waals surface area contributed by atoms with E-state index in [2.05, 4.69) is 17.1 Å². The molecular weight excluding hydrogens is 218 g/mol. The van der Waals surface area contributed by atoms with E-state index in [-0.39, 0.29) is 0 Å². The Morgan fingerprint density at radius 1 is 1.25 bits per heavy atom. The Bertz CT molecular complexity index is 462. The minimum atomic E-state index is 0.481. The molecule has 0 unspecified atom stereocenters. The highest BCUT2D eigenvalue weighted by molar-refractivity contribution is 7.19. The molecule has 3 nitrogen and oxygen atoms in total. The minimum Gasteiger partial charge on any atom is -0.354 e. The molecule has 1 aromatic heterocycles. The Morgan fingerprint density at radius 2 is 1.94 bits per heavy atom. The number of thiazole rings is 1. The van der Waals surface area contributed by atoms with E-state index >= 15 is 0 Å². The number of rotatable bonds is 3. The lowest BCUT2D eigenvalue weighted by Gasteiger charge is -2.05. The van der Waals surface area contributed by atoms with Crippen LogP contribution in [0.5, 0.6) is 0 Å². The number of aromatic nitrogens is 1. The highest BCUT2D eigenvalue weighted by atomic mass is 32.1. The summed E-state index contributed by atoms with van der Waals surface area (Å²) in [7, 11) is 3.99. The van der Waals surface area contributed by atoms with Crippen LogP contribution in [0.2, 0.25) is 0 Å². The van der Waals surface area contributed by atoms with Gasteiger partial charge in [-0.3, -0.25) is 0 Å². The fourth-order valence-corrected chi connectivity index (χ4v) is 2.51. The van der Waals surface area contributed by atoms with Gasteiger partial charge in [0.1, 0.15) is 0 Å². The van der Waals surface area contributed by atoms with E-state index < -0.39 is 0 Å². The van der Waals surface area contributed by atoms with Crippen LogP contribution in [0.3, 0.4) is 0 Å². The van der Waals surface area contributed by atoms with Gasteiger partial charge >= 0.3 is 0 Å². The van der Waals surface area contributed by atoms with Crippen molar-refractivity contribution in [3.05, 3.63) is 36.0 Å². The van der Waals surface area contributed by atoms with Crippen LogP contribution < -0.4 is 10.6 Å². The fourth-order valence-electron chi connectivity index (χ4n) is 1.48. The Kier molecular flexibility index (Phi) is 3.22. The summed E-state index contributed by atoms with van der Waals surface area (Å²) >= 11 is 1.68. The van der Waals surface area contributed by atoms with Gasteiger partial charge in [0, 0.05) is 20.6 Å². The standard InChI is InChI=1S/C12H15N3S/c1-15(2)12-14-10(8-13)11(16-12)9-6-4-3-5-7-9/h3-7H,8,13H2,1-2H3. The molecule has 0 aliphatic rings. The van der Waals surface area contributed by atoms with Gasteiger partial charge in [0.25, 0.3) is 0 Å². The molecule has 1 aromatic carbocycles. The maximum atomic E-state index is 5.73. The smallest absolute Gasteiger partial charge is 0.185 e. The highest BCUT2D eigenvalue weighted by Crippen LogP contribution is 2.33. The third kappa shape index (κ3) is 2.08. The Labute approximate surface area is 99.5 Å². The van der Waals surface area contributed by atoms with E-state index in [1.54, 1.807) is 11.3 Å². The van der Waals surface area contributed by atoms with Crippen molar-refractivity contribution in [2.75, 3.05) is 19.0 Å². The first-order valence-electron chi connectivity index (χ1n) is 5.15. The van der Waals surface area contributed by atoms with Crippen molar-refractivity contribution in [1.29, 1.82) is 0 Å². The Morgan fingerprint density at radius 3 is 2.50 bits per heavy atom. The van der Waals surface area contributed by atoms with Crippen molar-refractivity contribution >= 4 is 16.5 Å². The molecule has 0 atom stereocenters. The third-order valence-corrected chi connectivity index (χ3v) is 3.61. The number of nitrogens with two attached hydrogens (primary N) is 1. The molecule has 0 fully saturated rings. The molecule has 2 rings (SSSR count). The van der Waals surface area contributed by atoms with Crippen molar-refractivity contribution in [3.63, 3.8) is 0 Å². The summed E-state index contributed by atoms with van der Waals surface area (Å²) in [5.74, 6) is 0. The van der Waals surface area contributed by atoms with Gasteiger partial charge in [-0.25, -0.2) is 4.98 Å². The molecule has 0 saturated heterocycles. The van der Waals surface area contributed by atoms with Gasteiger partial charge in [0.2, 0.25) is 0 Å². The molecule has 84 valence electrons. The second-order valence-electron chi connectivity index (χ2n) is 3.74. The molecule has 4 heteroatoms. The van der Waals surface area contributed by atoms with Gasteiger partial charge in [-0.1, -0.05) is 41.7 Å². The van der Waals surface area contributed by atoms with Crippen LogP contribution in [0.4, 0.5) is 5.13 Å². The number of hydrogen-bond donors (Lipinski definition) is 1. The van der Waals surface area contributed by atoms with Gasteiger partial charge in [0.05, 0.1) is 10.6 Å². The summed E-state index contributed by atoms with van der Waals surface area (Å²) in [5.41, 5.74) is 7.89. The second kappa shape index (κ2) is 4.63. The van der Waals surface area contributed by atoms with Crippen LogP contribution in [0, 0.1) is 0 Å². The molecule has 2 N–H and O–H groups in total. The number of anilines is 1. The molecule has 0 aliphatic carbocycles. The monoisotopic (exact) mass is 233 g/mol. The molecular formula is C12H15N3S. The second-order valence-corrected chi connectivity index (χ2v) is 4.71. The molecule has 0 spiro atoms. The van der Waals surface area contributed by atoms with Crippen LogP contribution >= 0.6 is 11.3 Å². The zero-order valence-electron chi connectivity index (χ0n) is 9.47. The van der Waals surface area contributed by atoms with Crippen LogP contribution in [0.15, 0.2) is 30.3 Å². The van der Waals surface area contributed by atoms with Crippen molar-refractivity contribution in [2.24, 2.45) is 5.73 Å². The molecule has 16 heavy (non-hydrogen) atoms. The van der Waals surface area contributed by atoms with Crippen molar-refractivity contribution in [2.45, 2.75) is 6.54 Å². The SMILES string of the molecule is CN(C)c1nc(CN)c(-c2ccccc2)s1. The zero-order chi connectivity index (χ0) is 11.5. The number of nitrogens with zero attached hydrogens (tertiary/aromatic N) is 2. The third-order valence-electron chi connectivity index (χ3n) is 2.30. The predicted octanol–water partition coefficient (Wildman–Crippen LogP) is 2.33. The van der Waals surface area contributed by atoms with Crippen molar-refractivity contribution in [3.8, 4) is 10.4 Å². The van der Waals surface area contributed by atoms with E-state index in [0.717, 1.165) is 10.8 Å². The van der Waals surface area contributed by atoms with E-state index in [4.69, 9.17) is 5.73 Å². The summed E-state index contributed by atoms with van der Waals surface area (Å²) < 4.78 is 0. The Hall–Kier alpha value is -1.39. The van der Waals surface area contributed by atoms with E-state index in [1.807, 2.05) is 37.2 Å². The van der Waals surface area contributed by atoms with Crippen molar-refractivity contribution in [1.82, 2.24) is 4.98 Å². The summed E-state index contributed by atoms with van der Waals surface area (Å²) in [5, 5.41) is 0.999. The summed E-state index contributed by atoms with van der Waals surface area (Å²) in [6, 6.07) is 10.3. The van der Waals surface area contributed by atoms with Gasteiger partial charge in [-0.2, -0.15) is 0 Å². The van der Waals surface area contributed by atoms with Crippen LogP contribution in [0.25, 0.3) is 10.4 Å². The quantitative estimate of drug-likeness (QED) is 0.884. The number of hydrogen-bond acceptors (Lipinski definition) is 4. The van der Waals surface area contributed by atoms with Crippen LogP contribution in [-0.2, 0) is 6.54 Å². The van der Waals surface area contributed by atoms with Gasteiger partial charge in [0.15, 0.2) is 5.13 Å². The predicted molar refractivity (Wildman–Crippen MR) is 69.8 cm³/mol. The first-order valence-corrected chi connectivity index (χ1v) is 5.96. The van der Waals surface area contributed by atoms with E-state index in [0.29, 0.717) is 6.54 Å². The molecule has 0 bridgehead atoms. The van der Waals surface area contributed by atoms with Gasteiger partial charge in [-0.05, 0) is 5.56 Å². The molecule has 1 heterocycles. The molecule has 0 saturated carbocycles. The van der Waals surface area contributed by atoms with Gasteiger partial charge < -0.3 is 10.6 Å². The summed E-state index contributed by atoms with van der Waals surface area (Å²) in [6.07, 6.45) is 0. The summed E-state index contributed by atoms with van der Waals surface area (Å²) in [6.45, 7) is 0.481. The molecule has 0 amide bonds. The van der Waals surface area contributed by atoms with Gasteiger partial charge in [-0.15, -0.1) is 0 Å². The molecule has 0 radical (unpaired) electrons.